The first-order chi connectivity index (χ1) is 11.3. The molecule has 0 aliphatic carbocycles. The van der Waals surface area contributed by atoms with Crippen molar-refractivity contribution >= 4 is 5.82 Å². The fourth-order valence-electron chi connectivity index (χ4n) is 2.39. The van der Waals surface area contributed by atoms with Gasteiger partial charge < -0.3 is 14.8 Å². The summed E-state index contributed by atoms with van der Waals surface area (Å²) in [5, 5.41) is 3.39. The normalized spacial score (nSPS) is 11.4. The molecule has 5 heteroatoms. The van der Waals surface area contributed by atoms with Gasteiger partial charge in [-0.15, -0.1) is 0 Å². The zero-order chi connectivity index (χ0) is 17.7. The van der Waals surface area contributed by atoms with Crippen molar-refractivity contribution in [2.24, 2.45) is 0 Å². The molecule has 0 aliphatic rings. The number of methoxy groups -OCH3 is 2. The van der Waals surface area contributed by atoms with Crippen LogP contribution in [0.5, 0.6) is 5.75 Å². The summed E-state index contributed by atoms with van der Waals surface area (Å²) >= 11 is 0. The van der Waals surface area contributed by atoms with Crippen molar-refractivity contribution in [2.75, 3.05) is 19.5 Å². The number of aryl methyl sites for hydroxylation is 1. The largest absolute Gasteiger partial charge is 0.496 e. The van der Waals surface area contributed by atoms with Crippen molar-refractivity contribution in [3.05, 3.63) is 46.9 Å². The van der Waals surface area contributed by atoms with Crippen molar-refractivity contribution in [1.29, 1.82) is 0 Å². The Bertz CT molecular complexity index is 693. The monoisotopic (exact) mass is 329 g/mol. The third kappa shape index (κ3) is 4.68. The molecule has 0 saturated carbocycles. The van der Waals surface area contributed by atoms with E-state index in [1.807, 2.05) is 19.1 Å². The van der Waals surface area contributed by atoms with Gasteiger partial charge >= 0.3 is 0 Å². The van der Waals surface area contributed by atoms with Crippen molar-refractivity contribution < 1.29 is 9.47 Å². The average molecular weight is 329 g/mol. The summed E-state index contributed by atoms with van der Waals surface area (Å²) in [5.74, 6) is 2.53. The van der Waals surface area contributed by atoms with Crippen LogP contribution in [0, 0.1) is 6.92 Å². The maximum absolute atomic E-state index is 5.30. The van der Waals surface area contributed by atoms with Crippen molar-refractivity contribution in [3.8, 4) is 5.75 Å². The van der Waals surface area contributed by atoms with E-state index in [-0.39, 0.29) is 5.41 Å². The quantitative estimate of drug-likeness (QED) is 0.872. The summed E-state index contributed by atoms with van der Waals surface area (Å²) in [4.78, 5) is 9.25. The first kappa shape index (κ1) is 18.2. The molecule has 130 valence electrons. The Morgan fingerprint density at radius 2 is 1.83 bits per heavy atom. The molecule has 5 nitrogen and oxygen atoms in total. The van der Waals surface area contributed by atoms with E-state index in [9.17, 15) is 0 Å². The van der Waals surface area contributed by atoms with Crippen molar-refractivity contribution in [1.82, 2.24) is 9.97 Å². The van der Waals surface area contributed by atoms with Gasteiger partial charge in [0.2, 0.25) is 0 Å². The number of nitrogens with one attached hydrogen (secondary N) is 1. The van der Waals surface area contributed by atoms with Crippen molar-refractivity contribution in [3.63, 3.8) is 0 Å². The SMILES string of the molecule is COCc1cc(NCc2ccc(OC)c(C)c2)nc(C(C)(C)C)n1. The lowest BCUT2D eigenvalue weighted by Crippen LogP contribution is -2.18. The Labute approximate surface area is 144 Å². The van der Waals surface area contributed by atoms with Crippen LogP contribution in [0.3, 0.4) is 0 Å². The molecule has 1 heterocycles. The predicted molar refractivity (Wildman–Crippen MR) is 96.5 cm³/mol. The second kappa shape index (κ2) is 7.62. The molecule has 24 heavy (non-hydrogen) atoms. The lowest BCUT2D eigenvalue weighted by atomic mass is 9.95. The van der Waals surface area contributed by atoms with Gasteiger partial charge in [0.25, 0.3) is 0 Å². The molecule has 0 bridgehead atoms. The van der Waals surface area contributed by atoms with Crippen LogP contribution < -0.4 is 10.1 Å². The van der Waals surface area contributed by atoms with Crippen LogP contribution in [0.25, 0.3) is 0 Å². The zero-order valence-corrected chi connectivity index (χ0v) is 15.4. The lowest BCUT2D eigenvalue weighted by Gasteiger charge is -2.19. The second-order valence-electron chi connectivity index (χ2n) is 6.91. The van der Waals surface area contributed by atoms with Crippen molar-refractivity contribution in [2.45, 2.75) is 46.3 Å². The fourth-order valence-corrected chi connectivity index (χ4v) is 2.39. The van der Waals surface area contributed by atoms with E-state index in [4.69, 9.17) is 9.47 Å². The minimum Gasteiger partial charge on any atom is -0.496 e. The minimum absolute atomic E-state index is 0.114. The Hall–Kier alpha value is -2.14. The van der Waals surface area contributed by atoms with E-state index in [1.165, 1.54) is 5.56 Å². The molecule has 0 saturated heterocycles. The third-order valence-corrected chi connectivity index (χ3v) is 3.68. The molecule has 0 fully saturated rings. The molecule has 0 aliphatic heterocycles. The van der Waals surface area contributed by atoms with Gasteiger partial charge in [-0.1, -0.05) is 32.9 Å². The highest BCUT2D eigenvalue weighted by molar-refractivity contribution is 5.41. The van der Waals surface area contributed by atoms with Gasteiger partial charge in [-0.25, -0.2) is 9.97 Å². The first-order valence-electron chi connectivity index (χ1n) is 8.08. The predicted octanol–water partition coefficient (Wildman–Crippen LogP) is 3.85. The summed E-state index contributed by atoms with van der Waals surface area (Å²) in [6, 6.07) is 8.10. The molecule has 0 atom stereocenters. The average Bonchev–Trinajstić information content (AvgIpc) is 2.52. The summed E-state index contributed by atoms with van der Waals surface area (Å²) in [6.07, 6.45) is 0. The van der Waals surface area contributed by atoms with E-state index in [0.717, 1.165) is 28.6 Å². The lowest BCUT2D eigenvalue weighted by molar-refractivity contribution is 0.181. The second-order valence-corrected chi connectivity index (χ2v) is 6.91. The van der Waals surface area contributed by atoms with Gasteiger partial charge in [-0.3, -0.25) is 0 Å². The van der Waals surface area contributed by atoms with Crippen LogP contribution in [0.1, 0.15) is 43.4 Å². The van der Waals surface area contributed by atoms with E-state index in [2.05, 4.69) is 48.2 Å². The van der Waals surface area contributed by atoms with Crippen LogP contribution in [-0.2, 0) is 23.3 Å². The Morgan fingerprint density at radius 1 is 1.08 bits per heavy atom. The molecular weight excluding hydrogens is 302 g/mol. The molecule has 0 amide bonds. The van der Waals surface area contributed by atoms with Crippen LogP contribution >= 0.6 is 0 Å². The fraction of sp³-hybridized carbons (Fsp3) is 0.474. The highest BCUT2D eigenvalue weighted by Gasteiger charge is 2.19. The molecule has 0 spiro atoms. The Morgan fingerprint density at radius 3 is 2.42 bits per heavy atom. The number of anilines is 1. The highest BCUT2D eigenvalue weighted by Crippen LogP contribution is 2.22. The van der Waals surface area contributed by atoms with Gasteiger partial charge in [-0.2, -0.15) is 0 Å². The number of benzene rings is 1. The van der Waals surface area contributed by atoms with E-state index < -0.39 is 0 Å². The molecule has 0 unspecified atom stereocenters. The van der Waals surface area contributed by atoms with Gasteiger partial charge in [-0.05, 0) is 24.1 Å². The van der Waals surface area contributed by atoms with Crippen LogP contribution in [0.2, 0.25) is 0 Å². The molecule has 1 aromatic heterocycles. The number of ether oxygens (including phenoxy) is 2. The zero-order valence-electron chi connectivity index (χ0n) is 15.4. The topological polar surface area (TPSA) is 56.3 Å². The molecular formula is C19H27N3O2. The summed E-state index contributed by atoms with van der Waals surface area (Å²) in [5.41, 5.74) is 3.06. The highest BCUT2D eigenvalue weighted by atomic mass is 16.5. The summed E-state index contributed by atoms with van der Waals surface area (Å²) < 4.78 is 10.5. The maximum atomic E-state index is 5.30. The molecule has 1 aromatic carbocycles. The minimum atomic E-state index is -0.114. The van der Waals surface area contributed by atoms with E-state index >= 15 is 0 Å². The molecule has 0 radical (unpaired) electrons. The summed E-state index contributed by atoms with van der Waals surface area (Å²) in [6.45, 7) is 9.53. The maximum Gasteiger partial charge on any atom is 0.136 e. The number of aromatic nitrogens is 2. The smallest absolute Gasteiger partial charge is 0.136 e. The van der Waals surface area contributed by atoms with Crippen LogP contribution in [0.4, 0.5) is 5.82 Å². The number of hydrogen-bond donors (Lipinski definition) is 1. The Balaban J connectivity index is 2.19. The molecule has 2 rings (SSSR count). The molecule has 2 aromatic rings. The van der Waals surface area contributed by atoms with Gasteiger partial charge in [0, 0.05) is 25.1 Å². The standard InChI is InChI=1S/C19H27N3O2/c1-13-9-14(7-8-16(13)24-6)11-20-17-10-15(12-23-5)21-18(22-17)19(2,3)4/h7-10H,11-12H2,1-6H3,(H,20,21,22). The Kier molecular flexibility index (Phi) is 5.78. The van der Waals surface area contributed by atoms with Gasteiger partial charge in [0.05, 0.1) is 19.4 Å². The number of rotatable bonds is 6. The number of hydrogen-bond acceptors (Lipinski definition) is 5. The van der Waals surface area contributed by atoms with E-state index in [1.54, 1.807) is 14.2 Å². The van der Waals surface area contributed by atoms with E-state index in [0.29, 0.717) is 13.2 Å². The third-order valence-electron chi connectivity index (χ3n) is 3.68. The van der Waals surface area contributed by atoms with Gasteiger partial charge in [0.15, 0.2) is 0 Å². The molecule has 1 N–H and O–H groups in total. The van der Waals surface area contributed by atoms with Crippen LogP contribution in [-0.4, -0.2) is 24.2 Å². The number of nitrogens with zero attached hydrogens (tertiary/aromatic N) is 2. The van der Waals surface area contributed by atoms with Gasteiger partial charge in [0.1, 0.15) is 17.4 Å². The first-order valence-corrected chi connectivity index (χ1v) is 8.08. The summed E-state index contributed by atoms with van der Waals surface area (Å²) in [7, 11) is 3.36. The van der Waals surface area contributed by atoms with Crippen LogP contribution in [0.15, 0.2) is 24.3 Å².